The van der Waals surface area contributed by atoms with Crippen LogP contribution in [0.25, 0.3) is 0 Å². The molecule has 5 heteroatoms. The zero-order valence-corrected chi connectivity index (χ0v) is 17.1. The number of nitrogens with zero attached hydrogens (tertiary/aromatic N) is 2. The molecule has 3 unspecified atom stereocenters. The molecule has 0 aliphatic carbocycles. The van der Waals surface area contributed by atoms with Crippen LogP contribution in [0.3, 0.4) is 0 Å². The van der Waals surface area contributed by atoms with Gasteiger partial charge in [0, 0.05) is 48.0 Å². The molecular formula is C20H33N3OS. The number of likely N-dealkylation sites (tertiary alicyclic amines) is 1. The lowest BCUT2D eigenvalue weighted by atomic mass is 9.82. The summed E-state index contributed by atoms with van der Waals surface area (Å²) in [6, 6.07) is 10.8. The van der Waals surface area contributed by atoms with Gasteiger partial charge in [-0.05, 0) is 44.6 Å². The van der Waals surface area contributed by atoms with Crippen LogP contribution >= 0.6 is 0 Å². The maximum atomic E-state index is 12.2. The van der Waals surface area contributed by atoms with Gasteiger partial charge >= 0.3 is 0 Å². The molecule has 1 aromatic rings. The van der Waals surface area contributed by atoms with E-state index in [1.165, 1.54) is 5.56 Å². The molecule has 1 aliphatic rings. The van der Waals surface area contributed by atoms with Crippen molar-refractivity contribution in [2.24, 2.45) is 10.9 Å². The number of piperidine rings is 1. The number of guanidine groups is 1. The molecule has 4 nitrogen and oxygen atoms in total. The van der Waals surface area contributed by atoms with E-state index in [-0.39, 0.29) is 4.75 Å². The minimum absolute atomic E-state index is 0.159. The van der Waals surface area contributed by atoms with Crippen LogP contribution in [0.15, 0.2) is 35.3 Å². The van der Waals surface area contributed by atoms with Crippen molar-refractivity contribution in [3.05, 3.63) is 35.9 Å². The van der Waals surface area contributed by atoms with Gasteiger partial charge in [-0.3, -0.25) is 9.20 Å². The lowest BCUT2D eigenvalue weighted by Crippen LogP contribution is -2.48. The number of benzene rings is 1. The average molecular weight is 364 g/mol. The predicted molar refractivity (Wildman–Crippen MR) is 109 cm³/mol. The van der Waals surface area contributed by atoms with Gasteiger partial charge in [-0.2, -0.15) is 0 Å². The van der Waals surface area contributed by atoms with Crippen molar-refractivity contribution in [2.75, 3.05) is 32.4 Å². The largest absolute Gasteiger partial charge is 0.355 e. The van der Waals surface area contributed by atoms with Crippen LogP contribution in [0.4, 0.5) is 0 Å². The normalized spacial score (nSPS) is 23.4. The zero-order chi connectivity index (χ0) is 18.4. The topological polar surface area (TPSA) is 44.7 Å². The van der Waals surface area contributed by atoms with Crippen molar-refractivity contribution in [3.8, 4) is 0 Å². The molecule has 1 fully saturated rings. The molecule has 1 aromatic carbocycles. The van der Waals surface area contributed by atoms with Gasteiger partial charge in [-0.15, -0.1) is 0 Å². The summed E-state index contributed by atoms with van der Waals surface area (Å²) in [5, 5.41) is 3.40. The first-order valence-electron chi connectivity index (χ1n) is 9.22. The Labute approximate surface area is 155 Å². The summed E-state index contributed by atoms with van der Waals surface area (Å²) in [4.78, 5) is 6.77. The molecule has 0 saturated carbocycles. The molecule has 140 valence electrons. The zero-order valence-electron chi connectivity index (χ0n) is 16.3. The van der Waals surface area contributed by atoms with Crippen LogP contribution in [0.5, 0.6) is 0 Å². The Morgan fingerprint density at radius 1 is 1.32 bits per heavy atom. The van der Waals surface area contributed by atoms with Crippen LogP contribution in [0.1, 0.15) is 45.6 Å². The Morgan fingerprint density at radius 2 is 2.00 bits per heavy atom. The Morgan fingerprint density at radius 3 is 2.56 bits per heavy atom. The first-order chi connectivity index (χ1) is 11.8. The Kier molecular flexibility index (Phi) is 7.05. The molecule has 0 spiro atoms. The highest BCUT2D eigenvalue weighted by Crippen LogP contribution is 2.32. The molecular weight excluding hydrogens is 330 g/mol. The Bertz CT molecular complexity index is 595. The van der Waals surface area contributed by atoms with E-state index < -0.39 is 10.8 Å². The van der Waals surface area contributed by atoms with Crippen molar-refractivity contribution >= 4 is 16.8 Å². The monoisotopic (exact) mass is 363 g/mol. The van der Waals surface area contributed by atoms with E-state index in [9.17, 15) is 4.21 Å². The van der Waals surface area contributed by atoms with Crippen molar-refractivity contribution in [2.45, 2.75) is 44.8 Å². The first kappa shape index (κ1) is 20.0. The fourth-order valence-electron chi connectivity index (χ4n) is 3.43. The first-order valence-corrected chi connectivity index (χ1v) is 10.5. The van der Waals surface area contributed by atoms with Gasteiger partial charge in [-0.25, -0.2) is 0 Å². The average Bonchev–Trinajstić information content (AvgIpc) is 2.58. The van der Waals surface area contributed by atoms with Gasteiger partial charge in [0.05, 0.1) is 0 Å². The number of aliphatic imine (C=N–C) groups is 1. The Hall–Kier alpha value is -1.36. The van der Waals surface area contributed by atoms with E-state index in [0.29, 0.717) is 24.1 Å². The van der Waals surface area contributed by atoms with Crippen molar-refractivity contribution in [1.82, 2.24) is 10.2 Å². The fraction of sp³-hybridized carbons (Fsp3) is 0.650. The van der Waals surface area contributed by atoms with Crippen molar-refractivity contribution < 1.29 is 4.21 Å². The van der Waals surface area contributed by atoms with Crippen molar-refractivity contribution in [3.63, 3.8) is 0 Å². The minimum Gasteiger partial charge on any atom is -0.355 e. The second kappa shape index (κ2) is 8.84. The molecule has 0 aromatic heterocycles. The third-order valence-electron chi connectivity index (χ3n) is 4.90. The molecule has 0 amide bonds. The van der Waals surface area contributed by atoms with E-state index in [1.54, 1.807) is 0 Å². The van der Waals surface area contributed by atoms with Gasteiger partial charge in [0.2, 0.25) is 0 Å². The van der Waals surface area contributed by atoms with Crippen LogP contribution in [0, 0.1) is 5.92 Å². The molecule has 1 N–H and O–H groups in total. The number of hydrogen-bond donors (Lipinski definition) is 1. The van der Waals surface area contributed by atoms with E-state index in [2.05, 4.69) is 52.5 Å². The maximum absolute atomic E-state index is 12.2. The van der Waals surface area contributed by atoms with Crippen molar-refractivity contribution in [1.29, 1.82) is 0 Å². The van der Waals surface area contributed by atoms with Gasteiger partial charge in [-0.1, -0.05) is 37.3 Å². The van der Waals surface area contributed by atoms with Gasteiger partial charge < -0.3 is 10.2 Å². The summed E-state index contributed by atoms with van der Waals surface area (Å²) < 4.78 is 12.0. The predicted octanol–water partition coefficient (Wildman–Crippen LogP) is 3.23. The molecule has 0 bridgehead atoms. The van der Waals surface area contributed by atoms with Crippen LogP contribution < -0.4 is 5.32 Å². The molecule has 2 rings (SSSR count). The highest BCUT2D eigenvalue weighted by atomic mass is 32.2. The molecule has 1 aliphatic heterocycles. The molecule has 1 saturated heterocycles. The molecule has 0 radical (unpaired) electrons. The standard InChI is InChI=1S/C20H33N3OS/c1-16-15-23(13-11-18(16)17-9-7-6-8-10-17)19(21-5)22-12-14-25(24)20(2,3)4/h6-10,16,18H,11-15H2,1-5H3,(H,21,22). The summed E-state index contributed by atoms with van der Waals surface area (Å²) in [6.45, 7) is 11.1. The maximum Gasteiger partial charge on any atom is 0.193 e. The van der Waals surface area contributed by atoms with Gasteiger partial charge in [0.25, 0.3) is 0 Å². The second-order valence-corrected chi connectivity index (χ2v) is 10.2. The highest BCUT2D eigenvalue weighted by Gasteiger charge is 2.28. The van der Waals surface area contributed by atoms with Crippen LogP contribution in [-0.4, -0.2) is 52.3 Å². The van der Waals surface area contributed by atoms with E-state index in [0.717, 1.165) is 25.5 Å². The number of nitrogens with one attached hydrogen (secondary N) is 1. The quantitative estimate of drug-likeness (QED) is 0.660. The summed E-state index contributed by atoms with van der Waals surface area (Å²) in [5.41, 5.74) is 1.44. The van der Waals surface area contributed by atoms with Gasteiger partial charge in [0.15, 0.2) is 5.96 Å². The second-order valence-electron chi connectivity index (χ2n) is 7.87. The van der Waals surface area contributed by atoms with E-state index in [4.69, 9.17) is 0 Å². The van der Waals surface area contributed by atoms with Crippen LogP contribution in [-0.2, 0) is 10.8 Å². The lowest BCUT2D eigenvalue weighted by molar-refractivity contribution is 0.235. The molecule has 3 atom stereocenters. The van der Waals surface area contributed by atoms with Crippen LogP contribution in [0.2, 0.25) is 0 Å². The SMILES string of the molecule is CN=C(NCCS(=O)C(C)(C)C)N1CCC(c2ccccc2)C(C)C1. The summed E-state index contributed by atoms with van der Waals surface area (Å²) in [7, 11) is 0.996. The Balaban J connectivity index is 1.88. The fourth-order valence-corrected chi connectivity index (χ4v) is 4.33. The van der Waals surface area contributed by atoms with E-state index in [1.807, 2.05) is 27.8 Å². The molecule has 25 heavy (non-hydrogen) atoms. The summed E-state index contributed by atoms with van der Waals surface area (Å²) >= 11 is 0. The number of hydrogen-bond acceptors (Lipinski definition) is 2. The molecule has 1 heterocycles. The number of rotatable bonds is 4. The third-order valence-corrected chi connectivity index (χ3v) is 6.84. The van der Waals surface area contributed by atoms with E-state index >= 15 is 0 Å². The third kappa shape index (κ3) is 5.56. The highest BCUT2D eigenvalue weighted by molar-refractivity contribution is 7.86. The van der Waals surface area contributed by atoms with Gasteiger partial charge in [0.1, 0.15) is 0 Å². The lowest BCUT2D eigenvalue weighted by Gasteiger charge is -2.39. The summed E-state index contributed by atoms with van der Waals surface area (Å²) in [5.74, 6) is 2.78. The summed E-state index contributed by atoms with van der Waals surface area (Å²) in [6.07, 6.45) is 1.14. The minimum atomic E-state index is -0.834. The smallest absolute Gasteiger partial charge is 0.193 e.